The van der Waals surface area contributed by atoms with Crippen molar-refractivity contribution >= 4 is 5.97 Å². The van der Waals surface area contributed by atoms with Gasteiger partial charge in [0.2, 0.25) is 0 Å². The minimum Gasteiger partial charge on any atom is -0.481 e. The van der Waals surface area contributed by atoms with Gasteiger partial charge < -0.3 is 5.11 Å². The van der Waals surface area contributed by atoms with Crippen molar-refractivity contribution in [1.82, 2.24) is 0 Å². The number of rotatable bonds is 12. The number of carbonyl (C=O) groups is 1. The topological polar surface area (TPSA) is 37.3 Å². The van der Waals surface area contributed by atoms with E-state index in [0.717, 1.165) is 12.8 Å². The third-order valence-corrected chi connectivity index (χ3v) is 3.00. The van der Waals surface area contributed by atoms with Crippen molar-refractivity contribution in [2.24, 2.45) is 0 Å². The van der Waals surface area contributed by atoms with Crippen molar-refractivity contribution in [1.29, 1.82) is 0 Å². The molecule has 2 nitrogen and oxygen atoms in total. The average Bonchev–Trinajstić information content (AvgIpc) is 2.30. The van der Waals surface area contributed by atoms with Crippen LogP contribution in [0.5, 0.6) is 0 Å². The lowest BCUT2D eigenvalue weighted by Gasteiger charge is -2.01. The molecule has 0 saturated carbocycles. The molecule has 2 heteroatoms. The summed E-state index contributed by atoms with van der Waals surface area (Å²) in [5, 5.41) is 8.47. The molecule has 0 aliphatic carbocycles. The average molecular weight is 240 g/mol. The van der Waals surface area contributed by atoms with Crippen LogP contribution in [-0.4, -0.2) is 11.1 Å². The Morgan fingerprint density at radius 1 is 0.882 bits per heavy atom. The summed E-state index contributed by atoms with van der Waals surface area (Å²) in [6, 6.07) is 0. The number of carboxylic acid groups (broad SMARTS) is 1. The first-order valence-electron chi connectivity index (χ1n) is 7.10. The number of aliphatic carboxylic acids is 1. The highest BCUT2D eigenvalue weighted by Crippen LogP contribution is 2.11. The summed E-state index contributed by atoms with van der Waals surface area (Å²) in [5.41, 5.74) is 0. The molecule has 0 aromatic carbocycles. The molecule has 0 bridgehead atoms. The van der Waals surface area contributed by atoms with Gasteiger partial charge in [0.1, 0.15) is 0 Å². The van der Waals surface area contributed by atoms with Gasteiger partial charge in [-0.05, 0) is 26.2 Å². The van der Waals surface area contributed by atoms with E-state index >= 15 is 0 Å². The van der Waals surface area contributed by atoms with Crippen LogP contribution >= 0.6 is 0 Å². The maximum absolute atomic E-state index is 10.3. The van der Waals surface area contributed by atoms with Crippen LogP contribution in [0, 0.1) is 0 Å². The highest BCUT2D eigenvalue weighted by molar-refractivity contribution is 5.66. The molecule has 0 fully saturated rings. The maximum Gasteiger partial charge on any atom is 0.303 e. The van der Waals surface area contributed by atoms with Gasteiger partial charge >= 0.3 is 5.97 Å². The highest BCUT2D eigenvalue weighted by atomic mass is 16.4. The molecule has 0 radical (unpaired) electrons. The Morgan fingerprint density at radius 3 is 1.82 bits per heavy atom. The molecular weight excluding hydrogens is 212 g/mol. The van der Waals surface area contributed by atoms with Gasteiger partial charge in [-0.15, -0.1) is 0 Å². The van der Waals surface area contributed by atoms with Crippen LogP contribution in [0.1, 0.15) is 77.6 Å². The van der Waals surface area contributed by atoms with Gasteiger partial charge in [0.25, 0.3) is 0 Å². The molecule has 100 valence electrons. The van der Waals surface area contributed by atoms with E-state index in [0.29, 0.717) is 6.42 Å². The van der Waals surface area contributed by atoms with E-state index in [1.165, 1.54) is 51.4 Å². The first kappa shape index (κ1) is 16.2. The van der Waals surface area contributed by atoms with Crippen LogP contribution in [0.3, 0.4) is 0 Å². The predicted molar refractivity (Wildman–Crippen MR) is 73.2 cm³/mol. The number of hydrogen-bond donors (Lipinski definition) is 1. The zero-order valence-corrected chi connectivity index (χ0v) is 11.3. The summed E-state index contributed by atoms with van der Waals surface area (Å²) in [6.45, 7) is 2.07. The number of hydrogen-bond acceptors (Lipinski definition) is 1. The number of allylic oxidation sites excluding steroid dienone is 2. The molecule has 0 rings (SSSR count). The Morgan fingerprint density at radius 2 is 1.35 bits per heavy atom. The molecule has 0 atom stereocenters. The fraction of sp³-hybridized carbons (Fsp3) is 0.800. The summed E-state index contributed by atoms with van der Waals surface area (Å²) < 4.78 is 0. The number of carboxylic acids is 1. The quantitative estimate of drug-likeness (QED) is 0.387. The summed E-state index contributed by atoms with van der Waals surface area (Å²) >= 11 is 0. The molecule has 0 spiro atoms. The SMILES string of the molecule is C/C=C\CCCCCCCCCCCC(=O)O. The smallest absolute Gasteiger partial charge is 0.303 e. The van der Waals surface area contributed by atoms with E-state index in [9.17, 15) is 4.79 Å². The molecule has 0 aromatic heterocycles. The molecule has 0 aliphatic heterocycles. The summed E-state index contributed by atoms with van der Waals surface area (Å²) in [5.74, 6) is -0.661. The predicted octanol–water partition coefficient (Wildman–Crippen LogP) is 4.94. The van der Waals surface area contributed by atoms with Gasteiger partial charge in [-0.2, -0.15) is 0 Å². The third-order valence-electron chi connectivity index (χ3n) is 3.00. The zero-order valence-electron chi connectivity index (χ0n) is 11.3. The largest absolute Gasteiger partial charge is 0.481 e. The Hall–Kier alpha value is -0.790. The fourth-order valence-electron chi connectivity index (χ4n) is 1.94. The van der Waals surface area contributed by atoms with Crippen molar-refractivity contribution in [3.05, 3.63) is 12.2 Å². The summed E-state index contributed by atoms with van der Waals surface area (Å²) in [6.07, 6.45) is 17.0. The maximum atomic E-state index is 10.3. The fourth-order valence-corrected chi connectivity index (χ4v) is 1.94. The molecule has 17 heavy (non-hydrogen) atoms. The monoisotopic (exact) mass is 240 g/mol. The van der Waals surface area contributed by atoms with Crippen LogP contribution in [0.4, 0.5) is 0 Å². The molecule has 1 N–H and O–H groups in total. The molecule has 0 unspecified atom stereocenters. The second kappa shape index (κ2) is 13.3. The lowest BCUT2D eigenvalue weighted by Crippen LogP contribution is -1.93. The van der Waals surface area contributed by atoms with Gasteiger partial charge in [-0.25, -0.2) is 0 Å². The van der Waals surface area contributed by atoms with E-state index in [-0.39, 0.29) is 0 Å². The lowest BCUT2D eigenvalue weighted by atomic mass is 10.1. The molecule has 0 saturated heterocycles. The van der Waals surface area contributed by atoms with E-state index in [4.69, 9.17) is 5.11 Å². The second-order valence-corrected chi connectivity index (χ2v) is 4.68. The molecule has 0 aliphatic rings. The van der Waals surface area contributed by atoms with Gasteiger partial charge in [-0.1, -0.05) is 57.1 Å². The van der Waals surface area contributed by atoms with Crippen molar-refractivity contribution < 1.29 is 9.90 Å². The van der Waals surface area contributed by atoms with Crippen LogP contribution in [0.25, 0.3) is 0 Å². The highest BCUT2D eigenvalue weighted by Gasteiger charge is 1.96. The van der Waals surface area contributed by atoms with Crippen LogP contribution < -0.4 is 0 Å². The van der Waals surface area contributed by atoms with Crippen LogP contribution in [-0.2, 0) is 4.79 Å². The van der Waals surface area contributed by atoms with Gasteiger partial charge in [-0.3, -0.25) is 4.79 Å². The Kier molecular flexibility index (Phi) is 12.7. The lowest BCUT2D eigenvalue weighted by molar-refractivity contribution is -0.137. The first-order chi connectivity index (χ1) is 8.27. The van der Waals surface area contributed by atoms with E-state index in [1.54, 1.807) is 0 Å². The van der Waals surface area contributed by atoms with Crippen LogP contribution in [0.15, 0.2) is 12.2 Å². The normalized spacial score (nSPS) is 11.1. The van der Waals surface area contributed by atoms with Crippen molar-refractivity contribution in [2.75, 3.05) is 0 Å². The third kappa shape index (κ3) is 15.2. The van der Waals surface area contributed by atoms with Crippen molar-refractivity contribution in [3.63, 3.8) is 0 Å². The standard InChI is InChI=1S/C15H28O2/c1-2-3-4-5-6-7-8-9-10-11-12-13-14-15(16)17/h2-3H,4-14H2,1H3,(H,16,17)/b3-2-. The summed E-state index contributed by atoms with van der Waals surface area (Å²) in [7, 11) is 0. The van der Waals surface area contributed by atoms with Crippen molar-refractivity contribution in [3.8, 4) is 0 Å². The van der Waals surface area contributed by atoms with Crippen molar-refractivity contribution in [2.45, 2.75) is 77.6 Å². The van der Waals surface area contributed by atoms with Gasteiger partial charge in [0.05, 0.1) is 0 Å². The molecule has 0 aromatic rings. The minimum atomic E-state index is -0.661. The van der Waals surface area contributed by atoms with Crippen LogP contribution in [0.2, 0.25) is 0 Å². The molecular formula is C15H28O2. The molecule has 0 heterocycles. The van der Waals surface area contributed by atoms with Gasteiger partial charge in [0, 0.05) is 6.42 Å². The Balaban J connectivity index is 2.96. The Labute approximate surface area is 106 Å². The minimum absolute atomic E-state index is 0.338. The number of unbranched alkanes of at least 4 members (excludes halogenated alkanes) is 9. The first-order valence-corrected chi connectivity index (χ1v) is 7.10. The summed E-state index contributed by atoms with van der Waals surface area (Å²) in [4.78, 5) is 10.3. The zero-order chi connectivity index (χ0) is 12.8. The Bertz CT molecular complexity index is 197. The van der Waals surface area contributed by atoms with E-state index in [1.807, 2.05) is 0 Å². The van der Waals surface area contributed by atoms with E-state index < -0.39 is 5.97 Å². The van der Waals surface area contributed by atoms with E-state index in [2.05, 4.69) is 19.1 Å². The van der Waals surface area contributed by atoms with Gasteiger partial charge in [0.15, 0.2) is 0 Å². The second-order valence-electron chi connectivity index (χ2n) is 4.68. The molecule has 0 amide bonds.